The van der Waals surface area contributed by atoms with E-state index in [0.29, 0.717) is 12.8 Å². The average molecular weight is 340 g/mol. The Balaban J connectivity index is 1.69. The summed E-state index contributed by atoms with van der Waals surface area (Å²) in [6.07, 6.45) is 2.08. The van der Waals surface area contributed by atoms with E-state index in [-0.39, 0.29) is 5.91 Å². The lowest BCUT2D eigenvalue weighted by atomic mass is 10.1. The summed E-state index contributed by atoms with van der Waals surface area (Å²) >= 11 is 0. The number of nitrogens with one attached hydrogen (secondary N) is 1. The van der Waals surface area contributed by atoms with Crippen LogP contribution in [-0.2, 0) is 17.8 Å². The number of nitrogens with zero attached hydrogens (tertiary/aromatic N) is 3. The van der Waals surface area contributed by atoms with Crippen LogP contribution in [-0.4, -0.2) is 20.6 Å². The van der Waals surface area contributed by atoms with Crippen molar-refractivity contribution in [2.45, 2.75) is 53.5 Å². The van der Waals surface area contributed by atoms with Gasteiger partial charge in [0, 0.05) is 24.2 Å². The van der Waals surface area contributed by atoms with Crippen molar-refractivity contribution in [3.8, 4) is 0 Å². The van der Waals surface area contributed by atoms with Gasteiger partial charge in [-0.2, -0.15) is 0 Å². The topological polar surface area (TPSA) is 73.0 Å². The number of hydrogen-bond acceptors (Lipinski definition) is 4. The number of aryl methyl sites for hydroxylation is 4. The van der Waals surface area contributed by atoms with Gasteiger partial charge in [-0.25, -0.2) is 4.98 Å². The highest BCUT2D eigenvalue weighted by Gasteiger charge is 2.12. The summed E-state index contributed by atoms with van der Waals surface area (Å²) in [5, 5.41) is 6.88. The number of carbonyl (C=O) groups excluding carboxylic acids is 1. The second-order valence-electron chi connectivity index (χ2n) is 6.37. The van der Waals surface area contributed by atoms with Crippen molar-refractivity contribution < 1.29 is 9.32 Å². The number of carbonyl (C=O) groups is 1. The molecule has 1 N–H and O–H groups in total. The number of amides is 1. The Morgan fingerprint density at radius 3 is 2.76 bits per heavy atom. The van der Waals surface area contributed by atoms with Gasteiger partial charge in [-0.05, 0) is 51.8 Å². The van der Waals surface area contributed by atoms with Gasteiger partial charge in [0.1, 0.15) is 11.6 Å². The Bertz CT molecular complexity index is 888. The third-order valence-corrected chi connectivity index (χ3v) is 4.45. The molecule has 0 atom stereocenters. The van der Waals surface area contributed by atoms with Crippen LogP contribution in [0.25, 0.3) is 11.0 Å². The molecule has 3 aromatic rings. The first-order chi connectivity index (χ1) is 12.0. The molecule has 0 aliphatic carbocycles. The van der Waals surface area contributed by atoms with Gasteiger partial charge in [0.05, 0.1) is 16.7 Å². The Morgan fingerprint density at radius 2 is 2.08 bits per heavy atom. The molecule has 1 aromatic carbocycles. The van der Waals surface area contributed by atoms with E-state index in [2.05, 4.69) is 26.9 Å². The minimum atomic E-state index is -0.0240. The maximum absolute atomic E-state index is 12.3. The second kappa shape index (κ2) is 7.09. The Kier molecular flexibility index (Phi) is 4.88. The zero-order valence-corrected chi connectivity index (χ0v) is 15.2. The standard InChI is InChI=1S/C19H24N4O2/c1-5-10-23-14(4)20-17-11-15(6-8-18(17)23)21-19(24)9-7-16-12(2)22-25-13(16)3/h6,8,11H,5,7,9-10H2,1-4H3,(H,21,24). The highest BCUT2D eigenvalue weighted by atomic mass is 16.5. The summed E-state index contributed by atoms with van der Waals surface area (Å²) in [6, 6.07) is 5.89. The van der Waals surface area contributed by atoms with Gasteiger partial charge in [-0.3, -0.25) is 4.79 Å². The van der Waals surface area contributed by atoms with Gasteiger partial charge in [-0.1, -0.05) is 12.1 Å². The molecule has 0 fully saturated rings. The van der Waals surface area contributed by atoms with Crippen LogP contribution >= 0.6 is 0 Å². The summed E-state index contributed by atoms with van der Waals surface area (Å²) in [4.78, 5) is 16.9. The molecular formula is C19H24N4O2. The quantitative estimate of drug-likeness (QED) is 0.738. The van der Waals surface area contributed by atoms with Crippen LogP contribution in [0.1, 0.15) is 42.6 Å². The predicted octanol–water partition coefficient (Wildman–Crippen LogP) is 3.93. The highest BCUT2D eigenvalue weighted by molar-refractivity contribution is 5.93. The van der Waals surface area contributed by atoms with Crippen molar-refractivity contribution in [2.24, 2.45) is 0 Å². The van der Waals surface area contributed by atoms with Crippen molar-refractivity contribution in [2.75, 3.05) is 5.32 Å². The summed E-state index contributed by atoms with van der Waals surface area (Å²) in [7, 11) is 0. The van der Waals surface area contributed by atoms with Crippen molar-refractivity contribution in [3.63, 3.8) is 0 Å². The lowest BCUT2D eigenvalue weighted by Crippen LogP contribution is -2.12. The van der Waals surface area contributed by atoms with Crippen LogP contribution in [0.5, 0.6) is 0 Å². The molecule has 0 saturated carbocycles. The maximum atomic E-state index is 12.3. The number of rotatable bonds is 6. The Morgan fingerprint density at radius 1 is 1.28 bits per heavy atom. The van der Waals surface area contributed by atoms with E-state index in [1.54, 1.807) is 0 Å². The first kappa shape index (κ1) is 17.2. The smallest absolute Gasteiger partial charge is 0.224 e. The molecule has 1 amide bonds. The molecule has 0 radical (unpaired) electrons. The summed E-state index contributed by atoms with van der Waals surface area (Å²) in [5.74, 6) is 1.76. The zero-order valence-electron chi connectivity index (χ0n) is 15.2. The minimum absolute atomic E-state index is 0.0240. The van der Waals surface area contributed by atoms with Crippen molar-refractivity contribution >= 4 is 22.6 Å². The average Bonchev–Trinajstić information content (AvgIpc) is 3.05. The SMILES string of the molecule is CCCn1c(C)nc2cc(NC(=O)CCc3c(C)noc3C)ccc21. The van der Waals surface area contributed by atoms with E-state index in [9.17, 15) is 4.79 Å². The molecule has 6 nitrogen and oxygen atoms in total. The summed E-state index contributed by atoms with van der Waals surface area (Å²) in [6.45, 7) is 8.88. The molecular weight excluding hydrogens is 316 g/mol. The van der Waals surface area contributed by atoms with Gasteiger partial charge in [-0.15, -0.1) is 0 Å². The van der Waals surface area contributed by atoms with Crippen molar-refractivity contribution in [1.29, 1.82) is 0 Å². The van der Waals surface area contributed by atoms with E-state index in [1.807, 2.05) is 39.0 Å². The number of aromatic nitrogens is 3. The zero-order chi connectivity index (χ0) is 18.0. The van der Waals surface area contributed by atoms with E-state index in [4.69, 9.17) is 4.52 Å². The monoisotopic (exact) mass is 340 g/mol. The van der Waals surface area contributed by atoms with Crippen LogP contribution < -0.4 is 5.32 Å². The summed E-state index contributed by atoms with van der Waals surface area (Å²) in [5.41, 5.74) is 4.66. The second-order valence-corrected chi connectivity index (χ2v) is 6.37. The van der Waals surface area contributed by atoms with Crippen LogP contribution in [0.15, 0.2) is 22.7 Å². The predicted molar refractivity (Wildman–Crippen MR) is 97.7 cm³/mol. The first-order valence-corrected chi connectivity index (χ1v) is 8.68. The van der Waals surface area contributed by atoms with Crippen molar-refractivity contribution in [1.82, 2.24) is 14.7 Å². The molecule has 6 heteroatoms. The van der Waals surface area contributed by atoms with E-state index in [0.717, 1.165) is 52.5 Å². The number of fused-ring (bicyclic) bond motifs is 1. The molecule has 0 aliphatic heterocycles. The van der Waals surface area contributed by atoms with E-state index >= 15 is 0 Å². The minimum Gasteiger partial charge on any atom is -0.361 e. The molecule has 2 aromatic heterocycles. The third kappa shape index (κ3) is 3.57. The van der Waals surface area contributed by atoms with Gasteiger partial charge in [0.15, 0.2) is 0 Å². The molecule has 0 aliphatic rings. The van der Waals surface area contributed by atoms with E-state index < -0.39 is 0 Å². The van der Waals surface area contributed by atoms with Gasteiger partial charge in [0.2, 0.25) is 5.91 Å². The van der Waals surface area contributed by atoms with Crippen molar-refractivity contribution in [3.05, 3.63) is 41.0 Å². The molecule has 3 rings (SSSR count). The highest BCUT2D eigenvalue weighted by Crippen LogP contribution is 2.21. The Labute approximate surface area is 147 Å². The summed E-state index contributed by atoms with van der Waals surface area (Å²) < 4.78 is 7.34. The molecule has 25 heavy (non-hydrogen) atoms. The number of benzene rings is 1. The first-order valence-electron chi connectivity index (χ1n) is 8.68. The van der Waals surface area contributed by atoms with Crippen LogP contribution in [0.2, 0.25) is 0 Å². The number of imidazole rings is 1. The molecule has 0 bridgehead atoms. The van der Waals surface area contributed by atoms with Gasteiger partial charge >= 0.3 is 0 Å². The largest absolute Gasteiger partial charge is 0.361 e. The fourth-order valence-electron chi connectivity index (χ4n) is 3.15. The molecule has 0 saturated heterocycles. The molecule has 0 unspecified atom stereocenters. The fourth-order valence-corrected chi connectivity index (χ4v) is 3.15. The lowest BCUT2D eigenvalue weighted by Gasteiger charge is -2.07. The number of anilines is 1. The van der Waals surface area contributed by atoms with Crippen LogP contribution in [0, 0.1) is 20.8 Å². The number of hydrogen-bond donors (Lipinski definition) is 1. The molecule has 0 spiro atoms. The lowest BCUT2D eigenvalue weighted by molar-refractivity contribution is -0.116. The molecule has 132 valence electrons. The third-order valence-electron chi connectivity index (χ3n) is 4.45. The normalized spacial score (nSPS) is 11.2. The fraction of sp³-hybridized carbons (Fsp3) is 0.421. The Hall–Kier alpha value is -2.63. The maximum Gasteiger partial charge on any atom is 0.224 e. The molecule has 2 heterocycles. The van der Waals surface area contributed by atoms with E-state index in [1.165, 1.54) is 0 Å². The van der Waals surface area contributed by atoms with Gasteiger partial charge in [0.25, 0.3) is 0 Å². The van der Waals surface area contributed by atoms with Gasteiger partial charge < -0.3 is 14.4 Å². The van der Waals surface area contributed by atoms with Crippen LogP contribution in [0.4, 0.5) is 5.69 Å². The van der Waals surface area contributed by atoms with Crippen LogP contribution in [0.3, 0.4) is 0 Å².